The van der Waals surface area contributed by atoms with Gasteiger partial charge in [-0.1, -0.05) is 35.0 Å². The second kappa shape index (κ2) is 7.92. The number of hydrogen-bond donors (Lipinski definition) is 1. The van der Waals surface area contributed by atoms with Crippen molar-refractivity contribution in [1.29, 1.82) is 0 Å². The van der Waals surface area contributed by atoms with Gasteiger partial charge in [-0.25, -0.2) is 4.39 Å². The first kappa shape index (κ1) is 16.5. The SMILES string of the molecule is CCNCc1cc(Br)ccc1OCc1cccc(F)c1Br. The Labute approximate surface area is 141 Å². The first-order valence-electron chi connectivity index (χ1n) is 6.66. The lowest BCUT2D eigenvalue weighted by atomic mass is 10.2. The van der Waals surface area contributed by atoms with Crippen LogP contribution in [0.4, 0.5) is 4.39 Å². The van der Waals surface area contributed by atoms with Crippen LogP contribution in [0.25, 0.3) is 0 Å². The lowest BCUT2D eigenvalue weighted by molar-refractivity contribution is 0.300. The van der Waals surface area contributed by atoms with Crippen LogP contribution in [0.5, 0.6) is 5.75 Å². The van der Waals surface area contributed by atoms with Crippen LogP contribution in [-0.2, 0) is 13.2 Å². The van der Waals surface area contributed by atoms with Crippen LogP contribution in [0.2, 0.25) is 0 Å². The molecule has 2 aromatic carbocycles. The fourth-order valence-electron chi connectivity index (χ4n) is 1.90. The first-order chi connectivity index (χ1) is 10.1. The molecule has 2 nitrogen and oxygen atoms in total. The van der Waals surface area contributed by atoms with E-state index in [0.717, 1.165) is 34.4 Å². The van der Waals surface area contributed by atoms with Crippen LogP contribution >= 0.6 is 31.9 Å². The van der Waals surface area contributed by atoms with Gasteiger partial charge in [0.15, 0.2) is 0 Å². The summed E-state index contributed by atoms with van der Waals surface area (Å²) in [6, 6.07) is 10.8. The molecular formula is C16H16Br2FNO. The second-order valence-electron chi connectivity index (χ2n) is 4.53. The quantitative estimate of drug-likeness (QED) is 0.712. The second-order valence-corrected chi connectivity index (χ2v) is 6.24. The van der Waals surface area contributed by atoms with Crippen molar-refractivity contribution in [3.8, 4) is 5.75 Å². The lowest BCUT2D eigenvalue weighted by Gasteiger charge is -2.13. The summed E-state index contributed by atoms with van der Waals surface area (Å²) in [6.45, 7) is 4.00. The molecule has 5 heteroatoms. The molecule has 0 aliphatic rings. The van der Waals surface area contributed by atoms with E-state index < -0.39 is 0 Å². The van der Waals surface area contributed by atoms with Crippen LogP contribution in [0, 0.1) is 5.82 Å². The van der Waals surface area contributed by atoms with Crippen LogP contribution in [-0.4, -0.2) is 6.54 Å². The van der Waals surface area contributed by atoms with Crippen molar-refractivity contribution in [1.82, 2.24) is 5.32 Å². The third-order valence-corrected chi connectivity index (χ3v) is 4.38. The minimum absolute atomic E-state index is 0.278. The van der Waals surface area contributed by atoms with E-state index >= 15 is 0 Å². The Balaban J connectivity index is 2.14. The molecule has 0 saturated carbocycles. The highest BCUT2D eigenvalue weighted by Crippen LogP contribution is 2.26. The molecular weight excluding hydrogens is 401 g/mol. The summed E-state index contributed by atoms with van der Waals surface area (Å²) < 4.78 is 20.8. The van der Waals surface area contributed by atoms with Gasteiger partial charge < -0.3 is 10.1 Å². The molecule has 21 heavy (non-hydrogen) atoms. The number of ether oxygens (including phenoxy) is 1. The maximum atomic E-state index is 13.5. The monoisotopic (exact) mass is 415 g/mol. The van der Waals surface area contributed by atoms with Gasteiger partial charge in [0.05, 0.1) is 4.47 Å². The van der Waals surface area contributed by atoms with E-state index in [2.05, 4.69) is 44.1 Å². The zero-order valence-electron chi connectivity index (χ0n) is 11.6. The Morgan fingerprint density at radius 2 is 1.95 bits per heavy atom. The summed E-state index contributed by atoms with van der Waals surface area (Å²) in [5, 5.41) is 3.28. The van der Waals surface area contributed by atoms with Gasteiger partial charge in [0.25, 0.3) is 0 Å². The Bertz CT molecular complexity index is 619. The van der Waals surface area contributed by atoms with Gasteiger partial charge in [-0.15, -0.1) is 0 Å². The molecule has 0 saturated heterocycles. The Hall–Kier alpha value is -0.910. The summed E-state index contributed by atoms with van der Waals surface area (Å²) in [7, 11) is 0. The van der Waals surface area contributed by atoms with E-state index in [4.69, 9.17) is 4.74 Å². The molecule has 0 fully saturated rings. The van der Waals surface area contributed by atoms with Crippen molar-refractivity contribution in [2.45, 2.75) is 20.1 Å². The van der Waals surface area contributed by atoms with Gasteiger partial charge in [0.1, 0.15) is 18.2 Å². The molecule has 0 radical (unpaired) electrons. The van der Waals surface area contributed by atoms with E-state index in [9.17, 15) is 4.39 Å². The fraction of sp³-hybridized carbons (Fsp3) is 0.250. The van der Waals surface area contributed by atoms with Crippen molar-refractivity contribution in [3.05, 3.63) is 62.3 Å². The largest absolute Gasteiger partial charge is 0.489 e. The number of benzene rings is 2. The molecule has 2 rings (SSSR count). The van der Waals surface area contributed by atoms with Gasteiger partial charge in [-0.2, -0.15) is 0 Å². The Morgan fingerprint density at radius 3 is 2.71 bits per heavy atom. The number of nitrogens with one attached hydrogen (secondary N) is 1. The maximum absolute atomic E-state index is 13.5. The molecule has 0 bridgehead atoms. The van der Waals surface area contributed by atoms with Gasteiger partial charge in [0.2, 0.25) is 0 Å². The summed E-state index contributed by atoms with van der Waals surface area (Å²) in [6.07, 6.45) is 0. The summed E-state index contributed by atoms with van der Waals surface area (Å²) in [5.41, 5.74) is 1.85. The maximum Gasteiger partial charge on any atom is 0.137 e. The average molecular weight is 417 g/mol. The highest BCUT2D eigenvalue weighted by atomic mass is 79.9. The summed E-state index contributed by atoms with van der Waals surface area (Å²) in [4.78, 5) is 0. The zero-order chi connectivity index (χ0) is 15.2. The average Bonchev–Trinajstić information content (AvgIpc) is 2.48. The van der Waals surface area contributed by atoms with Crippen molar-refractivity contribution < 1.29 is 9.13 Å². The van der Waals surface area contributed by atoms with Crippen molar-refractivity contribution in [3.63, 3.8) is 0 Å². The molecule has 0 aromatic heterocycles. The van der Waals surface area contributed by atoms with E-state index in [1.807, 2.05) is 24.3 Å². The van der Waals surface area contributed by atoms with Crippen LogP contribution in [0.15, 0.2) is 45.3 Å². The molecule has 0 aliphatic carbocycles. The standard InChI is InChI=1S/C16H16Br2FNO/c1-2-20-9-12-8-13(17)6-7-15(12)21-10-11-4-3-5-14(19)16(11)18/h3-8,20H,2,9-10H2,1H3. The third-order valence-electron chi connectivity index (χ3n) is 3.00. The van der Waals surface area contributed by atoms with Crippen molar-refractivity contribution in [2.24, 2.45) is 0 Å². The molecule has 0 atom stereocenters. The smallest absolute Gasteiger partial charge is 0.137 e. The highest BCUT2D eigenvalue weighted by Gasteiger charge is 2.08. The molecule has 0 aliphatic heterocycles. The third kappa shape index (κ3) is 4.53. The molecule has 0 amide bonds. The molecule has 2 aromatic rings. The van der Waals surface area contributed by atoms with E-state index in [1.54, 1.807) is 6.07 Å². The summed E-state index contributed by atoms with van der Waals surface area (Å²) >= 11 is 6.72. The number of hydrogen-bond acceptors (Lipinski definition) is 2. The molecule has 0 heterocycles. The predicted octanol–water partition coefficient (Wildman–Crippen LogP) is 5.04. The van der Waals surface area contributed by atoms with E-state index in [-0.39, 0.29) is 5.82 Å². The van der Waals surface area contributed by atoms with Crippen LogP contribution in [0.1, 0.15) is 18.1 Å². The molecule has 0 unspecified atom stereocenters. The molecule has 112 valence electrons. The van der Waals surface area contributed by atoms with Gasteiger partial charge in [0, 0.05) is 22.1 Å². The topological polar surface area (TPSA) is 21.3 Å². The molecule has 0 spiro atoms. The van der Waals surface area contributed by atoms with Gasteiger partial charge >= 0.3 is 0 Å². The van der Waals surface area contributed by atoms with Crippen LogP contribution < -0.4 is 10.1 Å². The number of halogens is 3. The predicted molar refractivity (Wildman–Crippen MR) is 90.0 cm³/mol. The number of rotatable bonds is 6. The lowest BCUT2D eigenvalue weighted by Crippen LogP contribution is -2.13. The Kier molecular flexibility index (Phi) is 6.21. The first-order valence-corrected chi connectivity index (χ1v) is 8.25. The minimum atomic E-state index is -0.278. The fourth-order valence-corrected chi connectivity index (χ4v) is 2.69. The highest BCUT2D eigenvalue weighted by molar-refractivity contribution is 9.10. The van der Waals surface area contributed by atoms with Gasteiger partial charge in [-0.3, -0.25) is 0 Å². The normalized spacial score (nSPS) is 10.7. The zero-order valence-corrected chi connectivity index (χ0v) is 14.8. The van der Waals surface area contributed by atoms with E-state index in [0.29, 0.717) is 11.1 Å². The van der Waals surface area contributed by atoms with Crippen LogP contribution in [0.3, 0.4) is 0 Å². The van der Waals surface area contributed by atoms with Crippen molar-refractivity contribution in [2.75, 3.05) is 6.54 Å². The molecule has 1 N–H and O–H groups in total. The Morgan fingerprint density at radius 1 is 1.14 bits per heavy atom. The van der Waals surface area contributed by atoms with Gasteiger partial charge in [-0.05, 0) is 46.7 Å². The minimum Gasteiger partial charge on any atom is -0.489 e. The summed E-state index contributed by atoms with van der Waals surface area (Å²) in [5.74, 6) is 0.523. The van der Waals surface area contributed by atoms with E-state index in [1.165, 1.54) is 6.07 Å². The van der Waals surface area contributed by atoms with Crippen molar-refractivity contribution >= 4 is 31.9 Å².